The molecule has 2 rings (SSSR count). The Morgan fingerprint density at radius 3 is 1.50 bits per heavy atom. The molecule has 2 aromatic carbocycles. The summed E-state index contributed by atoms with van der Waals surface area (Å²) in [5.74, 6) is 0.534. The zero-order chi connectivity index (χ0) is 22.2. The number of aliphatic hydroxyl groups is 1. The third kappa shape index (κ3) is 11.1. The van der Waals surface area contributed by atoms with E-state index in [2.05, 4.69) is 39.1 Å². The van der Waals surface area contributed by atoms with Crippen LogP contribution in [-0.2, 0) is 22.7 Å². The van der Waals surface area contributed by atoms with E-state index in [1.54, 1.807) is 13.0 Å². The Labute approximate surface area is 183 Å². The van der Waals surface area contributed by atoms with Gasteiger partial charge in [-0.25, -0.2) is 0 Å². The van der Waals surface area contributed by atoms with E-state index in [1.165, 1.54) is 5.56 Å². The SMILES string of the molecule is C=CC[C@@H](OCc1ccccc1)C(C)C.C=CC[C@@H](OCc1ccccc1)[C@H](C)O. The van der Waals surface area contributed by atoms with Crippen LogP contribution in [0.25, 0.3) is 0 Å². The van der Waals surface area contributed by atoms with Crippen molar-refractivity contribution >= 4 is 0 Å². The zero-order valence-corrected chi connectivity index (χ0v) is 18.7. The van der Waals surface area contributed by atoms with E-state index in [-0.39, 0.29) is 12.2 Å². The van der Waals surface area contributed by atoms with E-state index >= 15 is 0 Å². The molecule has 0 heterocycles. The van der Waals surface area contributed by atoms with Crippen LogP contribution in [0.3, 0.4) is 0 Å². The molecule has 0 aliphatic heterocycles. The average Bonchev–Trinajstić information content (AvgIpc) is 2.75. The minimum absolute atomic E-state index is 0.164. The molecule has 0 bridgehead atoms. The molecule has 2 aromatic rings. The van der Waals surface area contributed by atoms with Crippen LogP contribution in [0.1, 0.15) is 44.7 Å². The highest BCUT2D eigenvalue weighted by Crippen LogP contribution is 2.14. The summed E-state index contributed by atoms with van der Waals surface area (Å²) in [7, 11) is 0. The summed E-state index contributed by atoms with van der Waals surface area (Å²) in [5, 5.41) is 9.45. The number of hydrogen-bond donors (Lipinski definition) is 1. The fourth-order valence-electron chi connectivity index (χ4n) is 2.82. The third-order valence-electron chi connectivity index (χ3n) is 4.69. The largest absolute Gasteiger partial charge is 0.391 e. The minimum atomic E-state index is -0.466. The van der Waals surface area contributed by atoms with Crippen LogP contribution in [0.5, 0.6) is 0 Å². The Balaban J connectivity index is 0.000000300. The van der Waals surface area contributed by atoms with Crippen LogP contribution in [0.2, 0.25) is 0 Å². The first-order chi connectivity index (χ1) is 14.5. The lowest BCUT2D eigenvalue weighted by atomic mass is 10.0. The topological polar surface area (TPSA) is 38.7 Å². The summed E-state index contributed by atoms with van der Waals surface area (Å²) in [5.41, 5.74) is 2.35. The van der Waals surface area contributed by atoms with Crippen molar-refractivity contribution in [3.63, 3.8) is 0 Å². The molecule has 164 valence electrons. The Morgan fingerprint density at radius 2 is 1.13 bits per heavy atom. The van der Waals surface area contributed by atoms with Gasteiger partial charge in [0.1, 0.15) is 0 Å². The van der Waals surface area contributed by atoms with E-state index < -0.39 is 6.10 Å². The smallest absolute Gasteiger partial charge is 0.0869 e. The van der Waals surface area contributed by atoms with E-state index in [4.69, 9.17) is 9.47 Å². The summed E-state index contributed by atoms with van der Waals surface area (Å²) in [6.07, 6.45) is 4.93. The second-order valence-corrected chi connectivity index (χ2v) is 7.70. The number of rotatable bonds is 12. The highest BCUT2D eigenvalue weighted by molar-refractivity contribution is 5.14. The first-order valence-electron chi connectivity index (χ1n) is 10.7. The van der Waals surface area contributed by atoms with Gasteiger partial charge in [0, 0.05) is 0 Å². The maximum atomic E-state index is 9.45. The van der Waals surface area contributed by atoms with Crippen molar-refractivity contribution in [2.24, 2.45) is 5.92 Å². The molecule has 0 radical (unpaired) electrons. The fraction of sp³-hybridized carbons (Fsp3) is 0.407. The maximum Gasteiger partial charge on any atom is 0.0869 e. The summed E-state index contributed by atoms with van der Waals surface area (Å²) in [6, 6.07) is 20.2. The van der Waals surface area contributed by atoms with Gasteiger partial charge in [0.25, 0.3) is 0 Å². The molecule has 0 saturated heterocycles. The van der Waals surface area contributed by atoms with Crippen LogP contribution in [0, 0.1) is 5.92 Å². The standard InChI is InChI=1S/C14H20O.C13H18O2/c1-4-8-14(12(2)3)15-11-13-9-6-5-7-10-13;1-3-7-13(11(2)14)15-10-12-8-5-4-6-9-12/h4-7,9-10,12,14H,1,8,11H2,2-3H3;3-6,8-9,11,13-14H,1,7,10H2,2H3/t14-;11-,13+/m10/s1. The van der Waals surface area contributed by atoms with Gasteiger partial charge in [0.15, 0.2) is 0 Å². The molecule has 3 nitrogen and oxygen atoms in total. The lowest BCUT2D eigenvalue weighted by molar-refractivity contribution is -0.0358. The third-order valence-corrected chi connectivity index (χ3v) is 4.69. The summed E-state index contributed by atoms with van der Waals surface area (Å²) in [6.45, 7) is 14.7. The van der Waals surface area contributed by atoms with Gasteiger partial charge in [-0.2, -0.15) is 0 Å². The van der Waals surface area contributed by atoms with Gasteiger partial charge in [-0.05, 0) is 36.8 Å². The van der Waals surface area contributed by atoms with E-state index in [0.717, 1.165) is 12.0 Å². The lowest BCUT2D eigenvalue weighted by Gasteiger charge is -2.20. The average molecular weight is 411 g/mol. The molecule has 3 heteroatoms. The van der Waals surface area contributed by atoms with Gasteiger partial charge in [-0.15, -0.1) is 13.2 Å². The fourth-order valence-corrected chi connectivity index (χ4v) is 2.82. The number of hydrogen-bond acceptors (Lipinski definition) is 3. The summed E-state index contributed by atoms with van der Waals surface area (Å²) < 4.78 is 11.5. The van der Waals surface area contributed by atoms with Crippen LogP contribution >= 0.6 is 0 Å². The molecule has 0 aromatic heterocycles. The highest BCUT2D eigenvalue weighted by atomic mass is 16.5. The molecule has 3 atom stereocenters. The number of benzene rings is 2. The van der Waals surface area contributed by atoms with Crippen molar-refractivity contribution in [2.75, 3.05) is 0 Å². The van der Waals surface area contributed by atoms with Gasteiger partial charge in [0.05, 0.1) is 31.5 Å². The quantitative estimate of drug-likeness (QED) is 0.415. The van der Waals surface area contributed by atoms with Crippen molar-refractivity contribution < 1.29 is 14.6 Å². The van der Waals surface area contributed by atoms with Gasteiger partial charge < -0.3 is 14.6 Å². The Morgan fingerprint density at radius 1 is 0.733 bits per heavy atom. The predicted octanol–water partition coefficient (Wildman–Crippen LogP) is 6.33. The molecule has 0 unspecified atom stereocenters. The Bertz CT molecular complexity index is 618. The van der Waals surface area contributed by atoms with Crippen molar-refractivity contribution in [3.8, 4) is 0 Å². The first-order valence-corrected chi connectivity index (χ1v) is 10.7. The van der Waals surface area contributed by atoms with Crippen LogP contribution in [0.15, 0.2) is 86.0 Å². The lowest BCUT2D eigenvalue weighted by Crippen LogP contribution is -2.25. The van der Waals surface area contributed by atoms with E-state index in [0.29, 0.717) is 25.6 Å². The van der Waals surface area contributed by atoms with E-state index in [9.17, 15) is 5.11 Å². The summed E-state index contributed by atoms with van der Waals surface area (Å²) in [4.78, 5) is 0. The van der Waals surface area contributed by atoms with Gasteiger partial charge in [-0.1, -0.05) is 86.7 Å². The second-order valence-electron chi connectivity index (χ2n) is 7.70. The van der Waals surface area contributed by atoms with Gasteiger partial charge in [-0.3, -0.25) is 0 Å². The number of ether oxygens (including phenoxy) is 2. The van der Waals surface area contributed by atoms with Crippen molar-refractivity contribution in [3.05, 3.63) is 97.1 Å². The van der Waals surface area contributed by atoms with Gasteiger partial charge >= 0.3 is 0 Å². The molecule has 0 aliphatic rings. The Hall–Kier alpha value is -2.20. The molecule has 0 spiro atoms. The minimum Gasteiger partial charge on any atom is -0.391 e. The normalized spacial score (nSPS) is 13.6. The maximum absolute atomic E-state index is 9.45. The van der Waals surface area contributed by atoms with Crippen molar-refractivity contribution in [2.45, 2.75) is 65.1 Å². The molecule has 0 aliphatic carbocycles. The molecule has 0 fully saturated rings. The van der Waals surface area contributed by atoms with Crippen molar-refractivity contribution in [1.29, 1.82) is 0 Å². The van der Waals surface area contributed by atoms with Gasteiger partial charge in [0.2, 0.25) is 0 Å². The van der Waals surface area contributed by atoms with Crippen molar-refractivity contribution in [1.82, 2.24) is 0 Å². The first kappa shape index (κ1) is 25.8. The second kappa shape index (κ2) is 15.6. The molecular formula is C27H38O3. The Kier molecular flexibility index (Phi) is 13.4. The number of aliphatic hydroxyl groups excluding tert-OH is 1. The summed E-state index contributed by atoms with van der Waals surface area (Å²) >= 11 is 0. The molecule has 0 amide bonds. The molecular weight excluding hydrogens is 372 g/mol. The van der Waals surface area contributed by atoms with Crippen LogP contribution in [0.4, 0.5) is 0 Å². The van der Waals surface area contributed by atoms with Crippen LogP contribution < -0.4 is 0 Å². The molecule has 30 heavy (non-hydrogen) atoms. The molecule has 1 N–H and O–H groups in total. The highest BCUT2D eigenvalue weighted by Gasteiger charge is 2.13. The predicted molar refractivity (Wildman–Crippen MR) is 126 cm³/mol. The zero-order valence-electron chi connectivity index (χ0n) is 18.7. The monoisotopic (exact) mass is 410 g/mol. The molecule has 0 saturated carbocycles. The van der Waals surface area contributed by atoms with E-state index in [1.807, 2.05) is 54.6 Å². The van der Waals surface area contributed by atoms with Crippen LogP contribution in [-0.4, -0.2) is 23.4 Å².